The van der Waals surface area contributed by atoms with Crippen molar-refractivity contribution in [3.8, 4) is 0 Å². The summed E-state index contributed by atoms with van der Waals surface area (Å²) in [7, 11) is 0. The topological polar surface area (TPSA) is 49.7 Å². The molecule has 3 aliphatic rings. The summed E-state index contributed by atoms with van der Waals surface area (Å²) in [4.78, 5) is 13.5. The molecule has 2 atom stereocenters. The highest BCUT2D eigenvalue weighted by Crippen LogP contribution is 2.62. The van der Waals surface area contributed by atoms with Crippen LogP contribution in [0.4, 0.5) is 0 Å². The molecule has 3 nitrogen and oxygen atoms in total. The summed E-state index contributed by atoms with van der Waals surface area (Å²) in [5, 5.41) is 13.4. The maximum absolute atomic E-state index is 13.5. The monoisotopic (exact) mass is 345 g/mol. The second-order valence-electron chi connectivity index (χ2n) is 8.10. The minimum absolute atomic E-state index is 0.223. The number of carbonyl (C=O) groups is 1. The van der Waals surface area contributed by atoms with Crippen molar-refractivity contribution in [2.45, 2.75) is 27.2 Å². The lowest BCUT2D eigenvalue weighted by Crippen LogP contribution is -2.57. The van der Waals surface area contributed by atoms with E-state index in [-0.39, 0.29) is 11.7 Å². The standard InChI is InChI=1S/C23H23NO2/c1-22(2)20-17(24-26)14-23(3,21(22)25)19(16-12-8-5-9-13-16)18(20)15-10-6-4-7-11-15/h4-13,20,26H,14H2,1-3H3/b24-17+/t20-,23+/m1/s1. The van der Waals surface area contributed by atoms with E-state index in [9.17, 15) is 10.0 Å². The Hall–Kier alpha value is -2.68. The SMILES string of the molecule is CC1(C)C(=O)[C@@]2(C)C/C(=N\O)[C@@H]1C(c1ccccc1)=C2c1ccccc1. The normalized spacial score (nSPS) is 28.7. The van der Waals surface area contributed by atoms with Crippen LogP contribution in [0.1, 0.15) is 38.3 Å². The molecule has 2 aromatic carbocycles. The van der Waals surface area contributed by atoms with E-state index in [4.69, 9.17) is 0 Å². The lowest BCUT2D eigenvalue weighted by Gasteiger charge is -2.54. The summed E-state index contributed by atoms with van der Waals surface area (Å²) in [6.07, 6.45) is 0.469. The van der Waals surface area contributed by atoms with Crippen LogP contribution in [0, 0.1) is 16.7 Å². The van der Waals surface area contributed by atoms with Crippen LogP contribution in [0.3, 0.4) is 0 Å². The number of benzene rings is 2. The van der Waals surface area contributed by atoms with Gasteiger partial charge in [0.15, 0.2) is 0 Å². The lowest BCUT2D eigenvalue weighted by atomic mass is 9.46. The first-order chi connectivity index (χ1) is 12.4. The molecule has 1 saturated carbocycles. The third kappa shape index (κ3) is 2.13. The fourth-order valence-corrected chi connectivity index (χ4v) is 5.07. The summed E-state index contributed by atoms with van der Waals surface area (Å²) in [6, 6.07) is 20.3. The second kappa shape index (κ2) is 5.66. The van der Waals surface area contributed by atoms with Gasteiger partial charge >= 0.3 is 0 Å². The van der Waals surface area contributed by atoms with Crippen molar-refractivity contribution in [3.05, 3.63) is 71.8 Å². The van der Waals surface area contributed by atoms with E-state index in [1.807, 2.05) is 57.2 Å². The Bertz CT molecular complexity index is 925. The van der Waals surface area contributed by atoms with Crippen LogP contribution in [0.5, 0.6) is 0 Å². The molecular formula is C23H23NO2. The third-order valence-corrected chi connectivity index (χ3v) is 6.06. The minimum atomic E-state index is -0.702. The summed E-state index contributed by atoms with van der Waals surface area (Å²) in [5.74, 6) is 0.000338. The van der Waals surface area contributed by atoms with E-state index in [1.54, 1.807) is 0 Å². The van der Waals surface area contributed by atoms with Gasteiger partial charge in [0.2, 0.25) is 0 Å². The van der Waals surface area contributed by atoms with Crippen molar-refractivity contribution in [1.29, 1.82) is 0 Å². The van der Waals surface area contributed by atoms with Crippen LogP contribution in [0.25, 0.3) is 11.1 Å². The molecule has 0 amide bonds. The molecule has 3 heteroatoms. The van der Waals surface area contributed by atoms with Gasteiger partial charge in [0.05, 0.1) is 11.1 Å². The molecule has 0 spiro atoms. The zero-order chi connectivity index (χ0) is 18.5. The van der Waals surface area contributed by atoms with Crippen LogP contribution in [-0.2, 0) is 4.79 Å². The van der Waals surface area contributed by atoms with Crippen LogP contribution in [0.2, 0.25) is 0 Å². The molecule has 5 rings (SSSR count). The van der Waals surface area contributed by atoms with Crippen LogP contribution >= 0.6 is 0 Å². The number of Topliss-reactive ketones (excluding diaryl/α,β-unsaturated/α-hetero) is 1. The van der Waals surface area contributed by atoms with E-state index in [0.717, 1.165) is 22.3 Å². The van der Waals surface area contributed by atoms with Gasteiger partial charge in [-0.05, 0) is 29.2 Å². The molecular weight excluding hydrogens is 322 g/mol. The van der Waals surface area contributed by atoms with Gasteiger partial charge < -0.3 is 5.21 Å². The molecule has 2 aromatic rings. The lowest BCUT2D eigenvalue weighted by molar-refractivity contribution is -0.136. The summed E-state index contributed by atoms with van der Waals surface area (Å²) >= 11 is 0. The van der Waals surface area contributed by atoms with E-state index in [1.165, 1.54) is 0 Å². The molecule has 132 valence electrons. The van der Waals surface area contributed by atoms with E-state index >= 15 is 0 Å². The largest absolute Gasteiger partial charge is 0.411 e. The van der Waals surface area contributed by atoms with Crippen LogP contribution in [0.15, 0.2) is 65.8 Å². The molecule has 26 heavy (non-hydrogen) atoms. The minimum Gasteiger partial charge on any atom is -0.411 e. The molecule has 0 unspecified atom stereocenters. The number of ketones is 1. The maximum Gasteiger partial charge on any atom is 0.150 e. The molecule has 0 aromatic heterocycles. The Morgan fingerprint density at radius 3 is 2.00 bits per heavy atom. The average molecular weight is 345 g/mol. The second-order valence-corrected chi connectivity index (χ2v) is 8.10. The highest BCUT2D eigenvalue weighted by Gasteiger charge is 2.61. The molecule has 0 heterocycles. The highest BCUT2D eigenvalue weighted by molar-refractivity contribution is 6.23. The van der Waals surface area contributed by atoms with Gasteiger partial charge in [0.1, 0.15) is 5.78 Å². The predicted octanol–water partition coefficient (Wildman–Crippen LogP) is 5.06. The van der Waals surface area contributed by atoms with Crippen molar-refractivity contribution in [2.24, 2.45) is 21.9 Å². The molecule has 1 N–H and O–H groups in total. The van der Waals surface area contributed by atoms with E-state index in [0.29, 0.717) is 12.1 Å². The van der Waals surface area contributed by atoms with E-state index in [2.05, 4.69) is 29.4 Å². The molecule has 0 saturated heterocycles. The Labute approximate surface area is 154 Å². The van der Waals surface area contributed by atoms with Gasteiger partial charge in [-0.3, -0.25) is 4.79 Å². The van der Waals surface area contributed by atoms with Gasteiger partial charge in [-0.15, -0.1) is 0 Å². The summed E-state index contributed by atoms with van der Waals surface area (Å²) in [6.45, 7) is 5.96. The van der Waals surface area contributed by atoms with Gasteiger partial charge in [-0.2, -0.15) is 0 Å². The number of rotatable bonds is 2. The van der Waals surface area contributed by atoms with Crippen LogP contribution < -0.4 is 0 Å². The maximum atomic E-state index is 13.5. The number of hydrogen-bond donors (Lipinski definition) is 1. The first kappa shape index (κ1) is 16.8. The molecule has 2 bridgehead atoms. The molecule has 0 aliphatic heterocycles. The average Bonchev–Trinajstić information content (AvgIpc) is 2.66. The first-order valence-electron chi connectivity index (χ1n) is 9.02. The third-order valence-electron chi connectivity index (χ3n) is 6.06. The summed E-state index contributed by atoms with van der Waals surface area (Å²) in [5.41, 5.74) is 3.73. The van der Waals surface area contributed by atoms with Gasteiger partial charge in [-0.25, -0.2) is 0 Å². The quantitative estimate of drug-likeness (QED) is 0.611. The number of carbonyl (C=O) groups excluding carboxylic acids is 1. The zero-order valence-corrected chi connectivity index (χ0v) is 15.4. The Morgan fingerprint density at radius 1 is 0.923 bits per heavy atom. The van der Waals surface area contributed by atoms with Crippen molar-refractivity contribution >= 4 is 22.6 Å². The molecule has 3 aliphatic carbocycles. The molecule has 1 fully saturated rings. The first-order valence-corrected chi connectivity index (χ1v) is 9.02. The Morgan fingerprint density at radius 2 is 1.46 bits per heavy atom. The van der Waals surface area contributed by atoms with Crippen molar-refractivity contribution in [1.82, 2.24) is 0 Å². The zero-order valence-electron chi connectivity index (χ0n) is 15.4. The van der Waals surface area contributed by atoms with Gasteiger partial charge in [0.25, 0.3) is 0 Å². The van der Waals surface area contributed by atoms with Gasteiger partial charge in [-0.1, -0.05) is 79.7 Å². The van der Waals surface area contributed by atoms with Crippen molar-refractivity contribution < 1.29 is 10.0 Å². The Balaban J connectivity index is 2.13. The van der Waals surface area contributed by atoms with Crippen LogP contribution in [-0.4, -0.2) is 16.7 Å². The van der Waals surface area contributed by atoms with Crippen molar-refractivity contribution in [3.63, 3.8) is 0 Å². The molecule has 0 radical (unpaired) electrons. The number of hydrogen-bond acceptors (Lipinski definition) is 3. The number of allylic oxidation sites excluding steroid dienone is 2. The number of nitrogens with zero attached hydrogens (tertiary/aromatic N) is 1. The van der Waals surface area contributed by atoms with E-state index < -0.39 is 10.8 Å². The number of fused-ring (bicyclic) bond motifs is 2. The smallest absolute Gasteiger partial charge is 0.150 e. The Kier molecular flexibility index (Phi) is 3.65. The highest BCUT2D eigenvalue weighted by atomic mass is 16.4. The fraction of sp³-hybridized carbons (Fsp3) is 0.304. The van der Waals surface area contributed by atoms with Gasteiger partial charge in [0, 0.05) is 17.8 Å². The number of oxime groups is 1. The summed E-state index contributed by atoms with van der Waals surface area (Å²) < 4.78 is 0. The fourth-order valence-electron chi connectivity index (χ4n) is 5.07. The van der Waals surface area contributed by atoms with Crippen molar-refractivity contribution in [2.75, 3.05) is 0 Å². The predicted molar refractivity (Wildman–Crippen MR) is 104 cm³/mol.